The lowest BCUT2D eigenvalue weighted by atomic mass is 10.2. The van der Waals surface area contributed by atoms with Crippen molar-refractivity contribution in [3.8, 4) is 0 Å². The van der Waals surface area contributed by atoms with Crippen LogP contribution in [0.1, 0.15) is 6.42 Å². The van der Waals surface area contributed by atoms with Crippen LogP contribution in [0.4, 0.5) is 5.82 Å². The van der Waals surface area contributed by atoms with E-state index in [0.29, 0.717) is 6.42 Å². The smallest absolute Gasteiger partial charge is 0.152 e. The molecule has 2 heterocycles. The number of hydrogen-bond acceptors (Lipinski definition) is 4. The lowest BCUT2D eigenvalue weighted by Crippen LogP contribution is -2.20. The molecule has 0 aliphatic carbocycles. The van der Waals surface area contributed by atoms with Gasteiger partial charge in [0.2, 0.25) is 0 Å². The highest BCUT2D eigenvalue weighted by Crippen LogP contribution is 2.15. The van der Waals surface area contributed by atoms with Gasteiger partial charge in [-0.2, -0.15) is 0 Å². The first kappa shape index (κ1) is 9.45. The number of hydrogen-bond donors (Lipinski definition) is 1. The lowest BCUT2D eigenvalue weighted by molar-refractivity contribution is 0.602. The summed E-state index contributed by atoms with van der Waals surface area (Å²) in [7, 11) is -2.81. The largest absolute Gasteiger partial charge is 0.366 e. The molecule has 0 saturated carbocycles. The van der Waals surface area contributed by atoms with Gasteiger partial charge < -0.3 is 5.32 Å². The minimum Gasteiger partial charge on any atom is -0.366 e. The zero-order valence-corrected chi connectivity index (χ0v) is 8.50. The fraction of sp³-hybridized carbons (Fsp3) is 0.444. The van der Waals surface area contributed by atoms with Crippen LogP contribution < -0.4 is 5.32 Å². The third-order valence-corrected chi connectivity index (χ3v) is 4.02. The summed E-state index contributed by atoms with van der Waals surface area (Å²) in [6.07, 6.45) is 2.37. The Kier molecular flexibility index (Phi) is 2.41. The van der Waals surface area contributed by atoms with Crippen molar-refractivity contribution in [2.24, 2.45) is 0 Å². The third kappa shape index (κ3) is 2.23. The summed E-state index contributed by atoms with van der Waals surface area (Å²) in [6, 6.07) is 5.57. The van der Waals surface area contributed by atoms with Crippen molar-refractivity contribution < 1.29 is 8.42 Å². The van der Waals surface area contributed by atoms with Crippen LogP contribution in [0.3, 0.4) is 0 Å². The van der Waals surface area contributed by atoms with Crippen LogP contribution >= 0.6 is 0 Å². The van der Waals surface area contributed by atoms with Crippen LogP contribution in [0, 0.1) is 0 Å². The minimum atomic E-state index is -2.81. The standard InChI is InChI=1S/C9H12N2O2S/c12-14(13)6-4-8(7-14)11-9-3-1-2-5-10-9/h1-3,5,8H,4,6-7H2,(H,10,11). The maximum absolute atomic E-state index is 11.2. The van der Waals surface area contributed by atoms with Gasteiger partial charge in [-0.05, 0) is 18.6 Å². The molecular weight excluding hydrogens is 200 g/mol. The molecule has 1 N–H and O–H groups in total. The highest BCUT2D eigenvalue weighted by molar-refractivity contribution is 7.91. The Labute approximate surface area is 83.3 Å². The Morgan fingerprint density at radius 3 is 2.86 bits per heavy atom. The summed E-state index contributed by atoms with van der Waals surface area (Å²) in [5, 5.41) is 3.11. The number of anilines is 1. The molecule has 0 amide bonds. The average Bonchev–Trinajstić information content (AvgIpc) is 2.47. The van der Waals surface area contributed by atoms with E-state index >= 15 is 0 Å². The summed E-state index contributed by atoms with van der Waals surface area (Å²) in [5.74, 6) is 1.26. The van der Waals surface area contributed by atoms with Crippen molar-refractivity contribution in [1.82, 2.24) is 4.98 Å². The summed E-state index contributed by atoms with van der Waals surface area (Å²) in [6.45, 7) is 0. The Morgan fingerprint density at radius 1 is 1.43 bits per heavy atom. The third-order valence-electron chi connectivity index (χ3n) is 2.25. The fourth-order valence-corrected chi connectivity index (χ4v) is 3.24. The van der Waals surface area contributed by atoms with E-state index in [2.05, 4.69) is 10.3 Å². The molecule has 1 unspecified atom stereocenters. The molecule has 1 fully saturated rings. The molecule has 14 heavy (non-hydrogen) atoms. The van der Waals surface area contributed by atoms with Crippen LogP contribution in [0.25, 0.3) is 0 Å². The minimum absolute atomic E-state index is 0.0231. The van der Waals surface area contributed by atoms with Crippen molar-refractivity contribution in [3.05, 3.63) is 24.4 Å². The molecule has 76 valence electrons. The summed E-state index contributed by atoms with van der Waals surface area (Å²) in [4.78, 5) is 4.08. The molecule has 0 spiro atoms. The first-order chi connectivity index (χ1) is 6.66. The van der Waals surface area contributed by atoms with Gasteiger partial charge in [-0.3, -0.25) is 0 Å². The molecule has 1 atom stereocenters. The number of nitrogens with zero attached hydrogens (tertiary/aromatic N) is 1. The average molecular weight is 212 g/mol. The van der Waals surface area contributed by atoms with E-state index < -0.39 is 9.84 Å². The van der Waals surface area contributed by atoms with Crippen molar-refractivity contribution in [3.63, 3.8) is 0 Å². The fourth-order valence-electron chi connectivity index (χ4n) is 1.57. The number of pyridine rings is 1. The van der Waals surface area contributed by atoms with Gasteiger partial charge in [0.05, 0.1) is 11.5 Å². The van der Waals surface area contributed by atoms with Gasteiger partial charge in [0, 0.05) is 12.2 Å². The first-order valence-electron chi connectivity index (χ1n) is 4.54. The second kappa shape index (κ2) is 3.57. The number of nitrogens with one attached hydrogen (secondary N) is 1. The number of rotatable bonds is 2. The zero-order valence-electron chi connectivity index (χ0n) is 7.68. The molecule has 1 aliphatic rings. The van der Waals surface area contributed by atoms with Crippen LogP contribution in [0.15, 0.2) is 24.4 Å². The van der Waals surface area contributed by atoms with Crippen molar-refractivity contribution in [2.75, 3.05) is 16.8 Å². The van der Waals surface area contributed by atoms with Gasteiger partial charge in [-0.25, -0.2) is 13.4 Å². The Hall–Kier alpha value is -1.10. The predicted octanol–water partition coefficient (Wildman–Crippen LogP) is 0.681. The van der Waals surface area contributed by atoms with Crippen LogP contribution in [-0.4, -0.2) is 30.9 Å². The summed E-state index contributed by atoms with van der Waals surface area (Å²) < 4.78 is 22.3. The summed E-state index contributed by atoms with van der Waals surface area (Å²) >= 11 is 0. The SMILES string of the molecule is O=S1(=O)CCC(Nc2ccccn2)C1. The Bertz CT molecular complexity index is 402. The van der Waals surface area contributed by atoms with Crippen LogP contribution in [0.2, 0.25) is 0 Å². The van der Waals surface area contributed by atoms with E-state index in [1.807, 2.05) is 18.2 Å². The molecule has 4 nitrogen and oxygen atoms in total. The number of aromatic nitrogens is 1. The van der Waals surface area contributed by atoms with E-state index in [0.717, 1.165) is 5.82 Å². The molecular formula is C9H12N2O2S. The molecule has 1 aromatic rings. The van der Waals surface area contributed by atoms with E-state index in [1.165, 1.54) is 0 Å². The maximum atomic E-state index is 11.2. The molecule has 1 aromatic heterocycles. The van der Waals surface area contributed by atoms with Gasteiger partial charge >= 0.3 is 0 Å². The van der Waals surface area contributed by atoms with Crippen molar-refractivity contribution in [1.29, 1.82) is 0 Å². The highest BCUT2D eigenvalue weighted by atomic mass is 32.2. The van der Waals surface area contributed by atoms with E-state index in [1.54, 1.807) is 6.20 Å². The molecule has 0 bridgehead atoms. The molecule has 0 aromatic carbocycles. The van der Waals surface area contributed by atoms with Gasteiger partial charge in [0.25, 0.3) is 0 Å². The topological polar surface area (TPSA) is 59.1 Å². The predicted molar refractivity (Wildman–Crippen MR) is 54.9 cm³/mol. The maximum Gasteiger partial charge on any atom is 0.152 e. The second-order valence-electron chi connectivity index (χ2n) is 3.46. The van der Waals surface area contributed by atoms with Crippen LogP contribution in [-0.2, 0) is 9.84 Å². The van der Waals surface area contributed by atoms with Crippen molar-refractivity contribution >= 4 is 15.7 Å². The summed E-state index contributed by atoms with van der Waals surface area (Å²) in [5.41, 5.74) is 0. The first-order valence-corrected chi connectivity index (χ1v) is 6.36. The molecule has 5 heteroatoms. The van der Waals surface area contributed by atoms with Gasteiger partial charge in [-0.15, -0.1) is 0 Å². The van der Waals surface area contributed by atoms with Crippen molar-refractivity contribution in [2.45, 2.75) is 12.5 Å². The second-order valence-corrected chi connectivity index (χ2v) is 5.69. The highest BCUT2D eigenvalue weighted by Gasteiger charge is 2.27. The zero-order chi connectivity index (χ0) is 10.0. The molecule has 1 saturated heterocycles. The number of sulfone groups is 1. The lowest BCUT2D eigenvalue weighted by Gasteiger charge is -2.10. The van der Waals surface area contributed by atoms with E-state index in [-0.39, 0.29) is 17.5 Å². The molecule has 0 radical (unpaired) electrons. The van der Waals surface area contributed by atoms with Gasteiger partial charge in [-0.1, -0.05) is 6.07 Å². The van der Waals surface area contributed by atoms with Crippen LogP contribution in [0.5, 0.6) is 0 Å². The normalized spacial score (nSPS) is 24.7. The Balaban J connectivity index is 2.01. The quantitative estimate of drug-likeness (QED) is 0.783. The van der Waals surface area contributed by atoms with E-state index in [9.17, 15) is 8.42 Å². The monoisotopic (exact) mass is 212 g/mol. The molecule has 2 rings (SSSR count). The Morgan fingerprint density at radius 2 is 2.29 bits per heavy atom. The van der Waals surface area contributed by atoms with E-state index in [4.69, 9.17) is 0 Å². The van der Waals surface area contributed by atoms with Gasteiger partial charge in [0.15, 0.2) is 9.84 Å². The van der Waals surface area contributed by atoms with Gasteiger partial charge in [0.1, 0.15) is 5.82 Å². The molecule has 1 aliphatic heterocycles.